The number of hydrogen-bond donors (Lipinski definition) is 0. The summed E-state index contributed by atoms with van der Waals surface area (Å²) in [6, 6.07) is 20.6. The zero-order valence-corrected chi connectivity index (χ0v) is 20.5. The minimum Gasteiger partial charge on any atom is -0.454 e. The highest BCUT2D eigenvalue weighted by atomic mass is 16.7. The van der Waals surface area contributed by atoms with Gasteiger partial charge in [0.2, 0.25) is 12.7 Å². The van der Waals surface area contributed by atoms with Crippen molar-refractivity contribution >= 4 is 11.6 Å². The number of aryl methyl sites for hydroxylation is 1. The van der Waals surface area contributed by atoms with Gasteiger partial charge in [0.1, 0.15) is 5.65 Å². The summed E-state index contributed by atoms with van der Waals surface area (Å²) in [5.41, 5.74) is 5.38. The number of piperazine rings is 1. The Bertz CT molecular complexity index is 1380. The SMILES string of the molecule is Cc1ccn2c(C(CC(=O)N3CCN(Cc4ccccc4)CC3)c3ccc4c(c3)OCO4)cnc2c1. The first-order valence-electron chi connectivity index (χ1n) is 12.5. The molecule has 1 saturated heterocycles. The Morgan fingerprint density at radius 2 is 1.78 bits per heavy atom. The van der Waals surface area contributed by atoms with Gasteiger partial charge in [0.05, 0.1) is 5.69 Å². The second-order valence-corrected chi connectivity index (χ2v) is 9.63. The first-order valence-corrected chi connectivity index (χ1v) is 12.5. The van der Waals surface area contributed by atoms with E-state index in [9.17, 15) is 4.79 Å². The molecule has 1 atom stereocenters. The number of nitrogens with zero attached hydrogens (tertiary/aromatic N) is 4. The molecule has 7 heteroatoms. The molecule has 1 unspecified atom stereocenters. The van der Waals surface area contributed by atoms with Crippen molar-refractivity contribution in [1.29, 1.82) is 0 Å². The lowest BCUT2D eigenvalue weighted by Gasteiger charge is -2.35. The third-order valence-corrected chi connectivity index (χ3v) is 7.21. The molecular formula is C29H30N4O3. The van der Waals surface area contributed by atoms with E-state index < -0.39 is 0 Å². The Kier molecular flexibility index (Phi) is 6.07. The summed E-state index contributed by atoms with van der Waals surface area (Å²) in [7, 11) is 0. The number of imidazole rings is 1. The van der Waals surface area contributed by atoms with Gasteiger partial charge >= 0.3 is 0 Å². The Balaban J connectivity index is 1.22. The summed E-state index contributed by atoms with van der Waals surface area (Å²) >= 11 is 0. The highest BCUT2D eigenvalue weighted by molar-refractivity contribution is 5.78. The van der Waals surface area contributed by atoms with Crippen molar-refractivity contribution in [1.82, 2.24) is 19.2 Å². The summed E-state index contributed by atoms with van der Waals surface area (Å²) < 4.78 is 13.3. The quantitative estimate of drug-likeness (QED) is 0.412. The number of hydrogen-bond acceptors (Lipinski definition) is 5. The van der Waals surface area contributed by atoms with Gasteiger partial charge in [-0.2, -0.15) is 0 Å². The van der Waals surface area contributed by atoms with Crippen LogP contribution < -0.4 is 9.47 Å². The molecule has 0 N–H and O–H groups in total. The van der Waals surface area contributed by atoms with Crippen molar-refractivity contribution in [2.45, 2.75) is 25.8 Å². The molecule has 6 rings (SSSR count). The van der Waals surface area contributed by atoms with E-state index in [0.717, 1.165) is 66.7 Å². The van der Waals surface area contributed by atoms with Gasteiger partial charge < -0.3 is 18.8 Å². The Labute approximate surface area is 210 Å². The van der Waals surface area contributed by atoms with E-state index in [-0.39, 0.29) is 18.6 Å². The molecule has 0 saturated carbocycles. The van der Waals surface area contributed by atoms with Gasteiger partial charge in [0.15, 0.2) is 11.5 Å². The minimum atomic E-state index is -0.146. The first-order chi connectivity index (χ1) is 17.6. The molecule has 1 amide bonds. The van der Waals surface area contributed by atoms with Crippen LogP contribution in [0.5, 0.6) is 11.5 Å². The van der Waals surface area contributed by atoms with Crippen LogP contribution in [0.1, 0.15) is 34.7 Å². The normalized spacial score (nSPS) is 16.4. The summed E-state index contributed by atoms with van der Waals surface area (Å²) in [6.07, 6.45) is 4.31. The number of carbonyl (C=O) groups excluding carboxylic acids is 1. The summed E-state index contributed by atoms with van der Waals surface area (Å²) in [6.45, 7) is 6.45. The zero-order valence-electron chi connectivity index (χ0n) is 20.5. The second-order valence-electron chi connectivity index (χ2n) is 9.63. The van der Waals surface area contributed by atoms with Crippen molar-refractivity contribution in [2.24, 2.45) is 0 Å². The van der Waals surface area contributed by atoms with Crippen molar-refractivity contribution in [2.75, 3.05) is 33.0 Å². The fourth-order valence-corrected chi connectivity index (χ4v) is 5.18. The van der Waals surface area contributed by atoms with Crippen molar-refractivity contribution in [3.8, 4) is 11.5 Å². The maximum atomic E-state index is 13.6. The van der Waals surface area contributed by atoms with Crippen LogP contribution in [-0.2, 0) is 11.3 Å². The fourth-order valence-electron chi connectivity index (χ4n) is 5.18. The third-order valence-electron chi connectivity index (χ3n) is 7.21. The number of pyridine rings is 1. The summed E-state index contributed by atoms with van der Waals surface area (Å²) in [4.78, 5) is 22.7. The topological polar surface area (TPSA) is 59.3 Å². The maximum absolute atomic E-state index is 13.6. The second kappa shape index (κ2) is 9.66. The predicted molar refractivity (Wildman–Crippen MR) is 137 cm³/mol. The smallest absolute Gasteiger partial charge is 0.231 e. The van der Waals surface area contributed by atoms with Crippen LogP contribution in [-0.4, -0.2) is 58.1 Å². The Morgan fingerprint density at radius 3 is 2.61 bits per heavy atom. The molecule has 0 aliphatic carbocycles. The Morgan fingerprint density at radius 1 is 0.972 bits per heavy atom. The van der Waals surface area contributed by atoms with E-state index in [1.54, 1.807) is 0 Å². The van der Waals surface area contributed by atoms with Gasteiger partial charge in [-0.25, -0.2) is 4.98 Å². The van der Waals surface area contributed by atoms with Crippen LogP contribution in [0.3, 0.4) is 0 Å². The number of ether oxygens (including phenoxy) is 2. The van der Waals surface area contributed by atoms with Gasteiger partial charge in [-0.15, -0.1) is 0 Å². The third kappa shape index (κ3) is 4.54. The molecule has 1 fully saturated rings. The van der Waals surface area contributed by atoms with E-state index in [1.807, 2.05) is 41.6 Å². The van der Waals surface area contributed by atoms with Gasteiger partial charge in [0.25, 0.3) is 0 Å². The molecule has 4 aromatic rings. The van der Waals surface area contributed by atoms with Crippen molar-refractivity contribution < 1.29 is 14.3 Å². The molecule has 0 bridgehead atoms. The standard InChI is InChI=1S/C29H30N4O3/c1-21-9-10-33-25(18-30-28(33)15-21)24(23-7-8-26-27(16-23)36-20-35-26)17-29(34)32-13-11-31(12-14-32)19-22-5-3-2-4-6-22/h2-10,15-16,18,24H,11-14,17,19-20H2,1H3. The van der Waals surface area contributed by atoms with Gasteiger partial charge in [-0.05, 0) is 47.9 Å². The molecule has 2 aliphatic heterocycles. The van der Waals surface area contributed by atoms with Crippen LogP contribution >= 0.6 is 0 Å². The predicted octanol–water partition coefficient (Wildman–Crippen LogP) is 4.24. The van der Waals surface area contributed by atoms with Crippen molar-refractivity contribution in [3.05, 3.63) is 95.4 Å². The molecule has 0 spiro atoms. The van der Waals surface area contributed by atoms with Gasteiger partial charge in [0, 0.05) is 57.5 Å². The van der Waals surface area contributed by atoms with E-state index >= 15 is 0 Å². The molecule has 4 heterocycles. The molecule has 2 aromatic carbocycles. The molecular weight excluding hydrogens is 452 g/mol. The number of rotatable bonds is 6. The average Bonchev–Trinajstić information content (AvgIpc) is 3.54. The Hall–Kier alpha value is -3.84. The van der Waals surface area contributed by atoms with E-state index in [4.69, 9.17) is 9.47 Å². The minimum absolute atomic E-state index is 0.146. The highest BCUT2D eigenvalue weighted by Crippen LogP contribution is 2.38. The van der Waals surface area contributed by atoms with Crippen LogP contribution in [0.15, 0.2) is 73.1 Å². The average molecular weight is 483 g/mol. The van der Waals surface area contributed by atoms with Crippen LogP contribution in [0.25, 0.3) is 5.65 Å². The van der Waals surface area contributed by atoms with Gasteiger partial charge in [-0.1, -0.05) is 36.4 Å². The largest absolute Gasteiger partial charge is 0.454 e. The molecule has 2 aliphatic rings. The molecule has 7 nitrogen and oxygen atoms in total. The number of amides is 1. The number of benzene rings is 2. The maximum Gasteiger partial charge on any atom is 0.231 e. The highest BCUT2D eigenvalue weighted by Gasteiger charge is 2.28. The van der Waals surface area contributed by atoms with E-state index in [1.165, 1.54) is 5.56 Å². The number of carbonyl (C=O) groups is 1. The van der Waals surface area contributed by atoms with Crippen LogP contribution in [0.4, 0.5) is 0 Å². The van der Waals surface area contributed by atoms with E-state index in [2.05, 4.69) is 57.6 Å². The molecule has 2 aromatic heterocycles. The van der Waals surface area contributed by atoms with Crippen LogP contribution in [0, 0.1) is 6.92 Å². The zero-order chi connectivity index (χ0) is 24.5. The molecule has 36 heavy (non-hydrogen) atoms. The van der Waals surface area contributed by atoms with Crippen molar-refractivity contribution in [3.63, 3.8) is 0 Å². The van der Waals surface area contributed by atoms with E-state index in [0.29, 0.717) is 6.42 Å². The number of fused-ring (bicyclic) bond motifs is 2. The molecule has 0 radical (unpaired) electrons. The first kappa shape index (κ1) is 22.6. The number of aromatic nitrogens is 2. The monoisotopic (exact) mass is 482 g/mol. The lowest BCUT2D eigenvalue weighted by atomic mass is 9.91. The van der Waals surface area contributed by atoms with Crippen LogP contribution in [0.2, 0.25) is 0 Å². The lowest BCUT2D eigenvalue weighted by molar-refractivity contribution is -0.133. The summed E-state index contributed by atoms with van der Waals surface area (Å²) in [5.74, 6) is 1.49. The molecule has 184 valence electrons. The summed E-state index contributed by atoms with van der Waals surface area (Å²) in [5, 5.41) is 0. The fraction of sp³-hybridized carbons (Fsp3) is 0.310. The lowest BCUT2D eigenvalue weighted by Crippen LogP contribution is -2.48. The van der Waals surface area contributed by atoms with Gasteiger partial charge in [-0.3, -0.25) is 9.69 Å².